The Hall–Kier alpha value is -1.48. The van der Waals surface area contributed by atoms with Crippen molar-refractivity contribution in [2.24, 2.45) is 4.99 Å². The molecule has 0 aliphatic carbocycles. The predicted octanol–water partition coefficient (Wildman–Crippen LogP) is 4.23. The molecule has 0 aliphatic heterocycles. The Labute approximate surface area is 200 Å². The van der Waals surface area contributed by atoms with Gasteiger partial charge in [-0.15, -0.1) is 30.6 Å². The van der Waals surface area contributed by atoms with Gasteiger partial charge in [0, 0.05) is 25.2 Å². The zero-order valence-corrected chi connectivity index (χ0v) is 21.9. The second-order valence-electron chi connectivity index (χ2n) is 7.12. The van der Waals surface area contributed by atoms with Crippen LogP contribution in [0.15, 0.2) is 29.8 Å². The summed E-state index contributed by atoms with van der Waals surface area (Å²) < 4.78 is 11.0. The Kier molecular flexibility index (Phi) is 15.4. The van der Waals surface area contributed by atoms with E-state index in [-0.39, 0.29) is 24.0 Å². The summed E-state index contributed by atoms with van der Waals surface area (Å²) in [5.41, 5.74) is 2.17. The van der Waals surface area contributed by atoms with Crippen LogP contribution < -0.4 is 20.1 Å². The summed E-state index contributed by atoms with van der Waals surface area (Å²) in [5.74, 6) is 2.30. The molecule has 0 bridgehead atoms. The van der Waals surface area contributed by atoms with Crippen LogP contribution in [0.25, 0.3) is 0 Å². The molecule has 0 heterocycles. The van der Waals surface area contributed by atoms with Crippen molar-refractivity contribution in [3.8, 4) is 11.5 Å². The fourth-order valence-corrected chi connectivity index (χ4v) is 3.36. The highest BCUT2D eigenvalue weighted by Crippen LogP contribution is 2.33. The molecule has 6 nitrogen and oxygen atoms in total. The number of guanidine groups is 1. The zero-order valence-electron chi connectivity index (χ0n) is 19.6. The molecule has 0 amide bonds. The maximum absolute atomic E-state index is 5.51. The maximum Gasteiger partial charge on any atom is 0.191 e. The van der Waals surface area contributed by atoms with E-state index < -0.39 is 0 Å². The molecule has 0 aliphatic rings. The molecule has 1 unspecified atom stereocenters. The molecule has 0 aromatic heterocycles. The van der Waals surface area contributed by atoms with Crippen LogP contribution >= 0.6 is 24.0 Å². The van der Waals surface area contributed by atoms with Gasteiger partial charge in [0.25, 0.3) is 0 Å². The number of methoxy groups -OCH3 is 2. The van der Waals surface area contributed by atoms with Crippen molar-refractivity contribution in [2.75, 3.05) is 40.9 Å². The van der Waals surface area contributed by atoms with Crippen molar-refractivity contribution < 1.29 is 9.47 Å². The van der Waals surface area contributed by atoms with Crippen molar-refractivity contribution in [1.82, 2.24) is 15.5 Å². The van der Waals surface area contributed by atoms with Crippen LogP contribution in [0.4, 0.5) is 0 Å². The Morgan fingerprint density at radius 3 is 2.47 bits per heavy atom. The van der Waals surface area contributed by atoms with Crippen molar-refractivity contribution in [3.05, 3.63) is 35.9 Å². The number of aliphatic imine (C=N–C) groups is 1. The van der Waals surface area contributed by atoms with Gasteiger partial charge in [-0.25, -0.2) is 0 Å². The van der Waals surface area contributed by atoms with E-state index in [1.54, 1.807) is 21.3 Å². The number of hydrogen-bond donors (Lipinski definition) is 2. The SMILES string of the molecule is C=CCc1cc(CNC(=NC)NC(C)CCCN(CC)CC)cc(OC)c1OC.I. The van der Waals surface area contributed by atoms with E-state index in [1.165, 1.54) is 6.42 Å². The number of hydrogen-bond acceptors (Lipinski definition) is 4. The van der Waals surface area contributed by atoms with Crippen LogP contribution in [0.1, 0.15) is 44.7 Å². The Morgan fingerprint density at radius 1 is 1.23 bits per heavy atom. The molecule has 1 rings (SSSR count). The van der Waals surface area contributed by atoms with Crippen LogP contribution in [-0.2, 0) is 13.0 Å². The van der Waals surface area contributed by atoms with Gasteiger partial charge < -0.3 is 25.0 Å². The van der Waals surface area contributed by atoms with Crippen molar-refractivity contribution >= 4 is 29.9 Å². The van der Waals surface area contributed by atoms with Crippen molar-refractivity contribution in [3.63, 3.8) is 0 Å². The van der Waals surface area contributed by atoms with E-state index in [0.29, 0.717) is 12.6 Å². The highest BCUT2D eigenvalue weighted by atomic mass is 127. The van der Waals surface area contributed by atoms with E-state index in [1.807, 2.05) is 12.1 Å². The molecule has 30 heavy (non-hydrogen) atoms. The van der Waals surface area contributed by atoms with Crippen LogP contribution in [0, 0.1) is 0 Å². The molecule has 2 N–H and O–H groups in total. The quantitative estimate of drug-likeness (QED) is 0.173. The smallest absolute Gasteiger partial charge is 0.191 e. The lowest BCUT2D eigenvalue weighted by atomic mass is 10.1. The molecule has 1 atom stereocenters. The molecular weight excluding hydrogens is 491 g/mol. The van der Waals surface area contributed by atoms with E-state index in [4.69, 9.17) is 9.47 Å². The summed E-state index contributed by atoms with van der Waals surface area (Å²) in [6.45, 7) is 14.5. The van der Waals surface area contributed by atoms with E-state index >= 15 is 0 Å². The van der Waals surface area contributed by atoms with Gasteiger partial charge in [-0.2, -0.15) is 0 Å². The number of allylic oxidation sites excluding steroid dienone is 1. The molecule has 0 saturated heterocycles. The monoisotopic (exact) mass is 532 g/mol. The molecule has 172 valence electrons. The fraction of sp³-hybridized carbons (Fsp3) is 0.609. The standard InChI is InChI=1S/C23H40N4O2.HI/c1-8-12-20-15-19(16-21(28-6)22(20)29-7)17-25-23(24-5)26-18(4)13-11-14-27(9-2)10-3;/h8,15-16,18H,1,9-14,17H2,2-7H3,(H2,24,25,26);1H. The summed E-state index contributed by atoms with van der Waals surface area (Å²) >= 11 is 0. The summed E-state index contributed by atoms with van der Waals surface area (Å²) in [6, 6.07) is 4.48. The minimum Gasteiger partial charge on any atom is -0.493 e. The molecular formula is C23H41IN4O2. The lowest BCUT2D eigenvalue weighted by molar-refractivity contribution is 0.292. The first-order valence-corrected chi connectivity index (χ1v) is 10.6. The fourth-order valence-electron chi connectivity index (χ4n) is 3.36. The minimum atomic E-state index is 0. The first-order valence-electron chi connectivity index (χ1n) is 10.6. The van der Waals surface area contributed by atoms with Crippen LogP contribution in [0.5, 0.6) is 11.5 Å². The van der Waals surface area contributed by atoms with Gasteiger partial charge in [0.15, 0.2) is 17.5 Å². The summed E-state index contributed by atoms with van der Waals surface area (Å²) in [7, 11) is 5.12. The van der Waals surface area contributed by atoms with Crippen molar-refractivity contribution in [1.29, 1.82) is 0 Å². The summed E-state index contributed by atoms with van der Waals surface area (Å²) in [6.07, 6.45) is 4.88. The molecule has 7 heteroatoms. The van der Waals surface area contributed by atoms with Gasteiger partial charge in [0.1, 0.15) is 0 Å². The minimum absolute atomic E-state index is 0. The van der Waals surface area contributed by atoms with E-state index in [9.17, 15) is 0 Å². The third-order valence-corrected chi connectivity index (χ3v) is 5.05. The zero-order chi connectivity index (χ0) is 21.6. The maximum atomic E-state index is 5.51. The van der Waals surface area contributed by atoms with Crippen LogP contribution in [-0.4, -0.2) is 57.8 Å². The number of ether oxygens (including phenoxy) is 2. The van der Waals surface area contributed by atoms with Crippen LogP contribution in [0.3, 0.4) is 0 Å². The molecule has 0 saturated carbocycles. The largest absolute Gasteiger partial charge is 0.493 e. The number of rotatable bonds is 13. The first kappa shape index (κ1) is 28.5. The molecule has 0 radical (unpaired) electrons. The van der Waals surface area contributed by atoms with Gasteiger partial charge in [0.05, 0.1) is 14.2 Å². The van der Waals surface area contributed by atoms with Gasteiger partial charge in [-0.3, -0.25) is 4.99 Å². The third-order valence-electron chi connectivity index (χ3n) is 5.05. The Bertz CT molecular complexity index is 648. The normalized spacial score (nSPS) is 12.2. The Morgan fingerprint density at radius 2 is 1.93 bits per heavy atom. The topological polar surface area (TPSA) is 58.1 Å². The summed E-state index contributed by atoms with van der Waals surface area (Å²) in [4.78, 5) is 6.82. The average Bonchev–Trinajstić information content (AvgIpc) is 2.73. The average molecular weight is 533 g/mol. The highest BCUT2D eigenvalue weighted by molar-refractivity contribution is 14.0. The highest BCUT2D eigenvalue weighted by Gasteiger charge is 2.12. The first-order chi connectivity index (χ1) is 14.0. The van der Waals surface area contributed by atoms with Gasteiger partial charge in [-0.1, -0.05) is 19.9 Å². The van der Waals surface area contributed by atoms with Crippen LogP contribution in [0.2, 0.25) is 0 Å². The lowest BCUT2D eigenvalue weighted by Gasteiger charge is -2.21. The number of benzene rings is 1. The van der Waals surface area contributed by atoms with E-state index in [0.717, 1.165) is 61.1 Å². The molecule has 0 fully saturated rings. The second-order valence-corrected chi connectivity index (χ2v) is 7.12. The van der Waals surface area contributed by atoms with Gasteiger partial charge in [0.2, 0.25) is 0 Å². The summed E-state index contributed by atoms with van der Waals surface area (Å²) in [5, 5.41) is 6.89. The van der Waals surface area contributed by atoms with Crippen molar-refractivity contribution in [2.45, 2.75) is 52.6 Å². The number of nitrogens with zero attached hydrogens (tertiary/aromatic N) is 2. The number of nitrogens with one attached hydrogen (secondary N) is 2. The lowest BCUT2D eigenvalue weighted by Crippen LogP contribution is -2.42. The van der Waals surface area contributed by atoms with E-state index in [2.05, 4.69) is 53.9 Å². The van der Waals surface area contributed by atoms with Gasteiger partial charge >= 0.3 is 0 Å². The third kappa shape index (κ3) is 9.55. The molecule has 0 spiro atoms. The Balaban J connectivity index is 0.00000841. The predicted molar refractivity (Wildman–Crippen MR) is 139 cm³/mol. The number of halogens is 1. The second kappa shape index (κ2) is 16.2. The van der Waals surface area contributed by atoms with Gasteiger partial charge in [-0.05, 0) is 63.5 Å². The molecule has 1 aromatic rings. The molecule has 1 aromatic carbocycles.